The van der Waals surface area contributed by atoms with Crippen LogP contribution in [0.25, 0.3) is 0 Å². The largest absolute Gasteiger partial charge is 0.354 e. The lowest BCUT2D eigenvalue weighted by Crippen LogP contribution is -2.45. The molecular weight excluding hydrogens is 260 g/mol. The molecule has 0 bridgehead atoms. The minimum Gasteiger partial charge on any atom is -0.354 e. The van der Waals surface area contributed by atoms with Gasteiger partial charge in [0.1, 0.15) is 0 Å². The summed E-state index contributed by atoms with van der Waals surface area (Å²) in [6.45, 7) is 6.71. The highest BCUT2D eigenvalue weighted by Gasteiger charge is 2.23. The molecule has 0 saturated carbocycles. The molecule has 1 atom stereocenters. The van der Waals surface area contributed by atoms with Gasteiger partial charge in [0.15, 0.2) is 0 Å². The first kappa shape index (κ1) is 16.0. The van der Waals surface area contributed by atoms with Gasteiger partial charge in [0, 0.05) is 17.0 Å². The first-order valence-electron chi connectivity index (χ1n) is 6.66. The van der Waals surface area contributed by atoms with E-state index in [0.717, 1.165) is 12.0 Å². The van der Waals surface area contributed by atoms with E-state index < -0.39 is 6.04 Å². The predicted octanol–water partition coefficient (Wildman–Crippen LogP) is 2.86. The number of nitrogens with two attached hydrogens (primary N) is 1. The second-order valence-corrected chi connectivity index (χ2v) is 5.94. The number of carbonyl (C=O) groups is 1. The summed E-state index contributed by atoms with van der Waals surface area (Å²) >= 11 is 6.00. The van der Waals surface area contributed by atoms with Crippen molar-refractivity contribution in [1.29, 1.82) is 0 Å². The Kier molecular flexibility index (Phi) is 5.83. The summed E-state index contributed by atoms with van der Waals surface area (Å²) in [6.07, 6.45) is 1.62. The molecule has 0 radical (unpaired) electrons. The van der Waals surface area contributed by atoms with Gasteiger partial charge in [0.05, 0.1) is 6.04 Å². The van der Waals surface area contributed by atoms with Crippen LogP contribution in [0.4, 0.5) is 0 Å². The summed E-state index contributed by atoms with van der Waals surface area (Å²) in [5, 5.41) is 3.63. The van der Waals surface area contributed by atoms with Crippen molar-refractivity contribution in [3.05, 3.63) is 34.9 Å². The van der Waals surface area contributed by atoms with Crippen molar-refractivity contribution < 1.29 is 4.79 Å². The number of hydrogen-bond donors (Lipinski definition) is 2. The predicted molar refractivity (Wildman–Crippen MR) is 80.4 cm³/mol. The first-order valence-corrected chi connectivity index (χ1v) is 7.04. The molecule has 0 heterocycles. The number of nitrogens with one attached hydrogen (secondary N) is 1. The van der Waals surface area contributed by atoms with Crippen molar-refractivity contribution in [2.24, 2.45) is 5.73 Å². The Bertz CT molecular complexity index is 432. The highest BCUT2D eigenvalue weighted by atomic mass is 35.5. The number of halogens is 1. The van der Waals surface area contributed by atoms with E-state index in [1.54, 1.807) is 0 Å². The lowest BCUT2D eigenvalue weighted by Gasteiger charge is -2.26. The Labute approximate surface area is 120 Å². The third-order valence-corrected chi connectivity index (χ3v) is 3.48. The normalized spacial score (nSPS) is 13.1. The number of rotatable bonds is 6. The van der Waals surface area contributed by atoms with Gasteiger partial charge in [-0.3, -0.25) is 4.79 Å². The molecule has 0 fully saturated rings. The van der Waals surface area contributed by atoms with E-state index in [-0.39, 0.29) is 11.3 Å². The van der Waals surface area contributed by atoms with Crippen LogP contribution in [0.5, 0.6) is 0 Å². The molecule has 4 heteroatoms. The zero-order chi connectivity index (χ0) is 14.5. The molecular formula is C15H23ClN2O. The molecule has 19 heavy (non-hydrogen) atoms. The maximum atomic E-state index is 11.8. The molecule has 0 aliphatic rings. The lowest BCUT2D eigenvalue weighted by molar-refractivity contribution is -0.122. The Balaban J connectivity index is 2.63. The summed E-state index contributed by atoms with van der Waals surface area (Å²) in [5.41, 5.74) is 6.71. The molecule has 0 aromatic heterocycles. The Morgan fingerprint density at radius 2 is 2.16 bits per heavy atom. The van der Waals surface area contributed by atoms with Crippen LogP contribution in [0.15, 0.2) is 24.3 Å². The van der Waals surface area contributed by atoms with Gasteiger partial charge in [-0.15, -0.1) is 0 Å². The van der Waals surface area contributed by atoms with Gasteiger partial charge < -0.3 is 11.1 Å². The smallest absolute Gasteiger partial charge is 0.236 e. The summed E-state index contributed by atoms with van der Waals surface area (Å²) in [4.78, 5) is 11.8. The molecule has 106 valence electrons. The summed E-state index contributed by atoms with van der Waals surface area (Å²) < 4.78 is 0. The van der Waals surface area contributed by atoms with E-state index in [1.165, 1.54) is 0 Å². The number of hydrogen-bond acceptors (Lipinski definition) is 2. The van der Waals surface area contributed by atoms with Crippen molar-refractivity contribution in [2.45, 2.75) is 45.1 Å². The molecule has 1 rings (SSSR count). The topological polar surface area (TPSA) is 55.1 Å². The molecule has 3 N–H and O–H groups in total. The van der Waals surface area contributed by atoms with Crippen LogP contribution in [0, 0.1) is 0 Å². The summed E-state index contributed by atoms with van der Waals surface area (Å²) in [6, 6.07) is 7.30. The second-order valence-electron chi connectivity index (χ2n) is 5.51. The van der Waals surface area contributed by atoms with Crippen molar-refractivity contribution >= 4 is 17.5 Å². The number of carbonyl (C=O) groups excluding carboxylic acids is 1. The fourth-order valence-corrected chi connectivity index (χ4v) is 2.08. The molecule has 1 aromatic rings. The SMILES string of the molecule is CCCC(N)C(=O)NCC(C)(C)c1cccc(Cl)c1. The minimum atomic E-state index is -0.417. The van der Waals surface area contributed by atoms with E-state index in [2.05, 4.69) is 19.2 Å². The van der Waals surface area contributed by atoms with Crippen LogP contribution in [-0.4, -0.2) is 18.5 Å². The second kappa shape index (κ2) is 6.92. The van der Waals surface area contributed by atoms with Crippen molar-refractivity contribution in [1.82, 2.24) is 5.32 Å². The van der Waals surface area contributed by atoms with Crippen molar-refractivity contribution in [3.8, 4) is 0 Å². The van der Waals surface area contributed by atoms with E-state index in [4.69, 9.17) is 17.3 Å². The van der Waals surface area contributed by atoms with Crippen LogP contribution in [0.3, 0.4) is 0 Å². The van der Waals surface area contributed by atoms with Gasteiger partial charge in [-0.05, 0) is 24.1 Å². The molecule has 1 aromatic carbocycles. The third kappa shape index (κ3) is 4.84. The fourth-order valence-electron chi connectivity index (χ4n) is 1.89. The Morgan fingerprint density at radius 3 is 2.74 bits per heavy atom. The lowest BCUT2D eigenvalue weighted by atomic mass is 9.84. The van der Waals surface area contributed by atoms with Crippen molar-refractivity contribution in [2.75, 3.05) is 6.54 Å². The van der Waals surface area contributed by atoms with E-state index in [1.807, 2.05) is 31.2 Å². The quantitative estimate of drug-likeness (QED) is 0.843. The van der Waals surface area contributed by atoms with Crippen LogP contribution in [-0.2, 0) is 10.2 Å². The zero-order valence-electron chi connectivity index (χ0n) is 11.9. The van der Waals surface area contributed by atoms with Gasteiger partial charge in [0.2, 0.25) is 5.91 Å². The van der Waals surface area contributed by atoms with E-state index in [0.29, 0.717) is 18.0 Å². The van der Waals surface area contributed by atoms with Crippen molar-refractivity contribution in [3.63, 3.8) is 0 Å². The van der Waals surface area contributed by atoms with Crippen LogP contribution in [0.2, 0.25) is 5.02 Å². The van der Waals surface area contributed by atoms with E-state index in [9.17, 15) is 4.79 Å². The van der Waals surface area contributed by atoms with Crippen LogP contribution in [0.1, 0.15) is 39.2 Å². The molecule has 0 aliphatic heterocycles. The highest BCUT2D eigenvalue weighted by Crippen LogP contribution is 2.24. The van der Waals surface area contributed by atoms with Gasteiger partial charge in [0.25, 0.3) is 0 Å². The standard InChI is InChI=1S/C15H23ClN2O/c1-4-6-13(17)14(19)18-10-15(2,3)11-7-5-8-12(16)9-11/h5,7-9,13H,4,6,10,17H2,1-3H3,(H,18,19). The average Bonchev–Trinajstić information content (AvgIpc) is 2.36. The third-order valence-electron chi connectivity index (χ3n) is 3.25. The van der Waals surface area contributed by atoms with Crippen LogP contribution >= 0.6 is 11.6 Å². The zero-order valence-corrected chi connectivity index (χ0v) is 12.6. The highest BCUT2D eigenvalue weighted by molar-refractivity contribution is 6.30. The number of benzene rings is 1. The van der Waals surface area contributed by atoms with Gasteiger partial charge in [-0.1, -0.05) is 50.9 Å². The van der Waals surface area contributed by atoms with Gasteiger partial charge in [-0.2, -0.15) is 0 Å². The Hall–Kier alpha value is -1.06. The summed E-state index contributed by atoms with van der Waals surface area (Å²) in [7, 11) is 0. The summed E-state index contributed by atoms with van der Waals surface area (Å²) in [5.74, 6) is -0.0862. The van der Waals surface area contributed by atoms with Crippen LogP contribution < -0.4 is 11.1 Å². The molecule has 0 spiro atoms. The maximum Gasteiger partial charge on any atom is 0.236 e. The van der Waals surface area contributed by atoms with Gasteiger partial charge in [-0.25, -0.2) is 0 Å². The Morgan fingerprint density at radius 1 is 1.47 bits per heavy atom. The van der Waals surface area contributed by atoms with E-state index >= 15 is 0 Å². The number of amides is 1. The molecule has 0 saturated heterocycles. The fraction of sp³-hybridized carbons (Fsp3) is 0.533. The monoisotopic (exact) mass is 282 g/mol. The molecule has 3 nitrogen and oxygen atoms in total. The molecule has 1 amide bonds. The maximum absolute atomic E-state index is 11.8. The molecule has 1 unspecified atom stereocenters. The first-order chi connectivity index (χ1) is 8.86. The average molecular weight is 283 g/mol. The minimum absolute atomic E-state index is 0.0862. The van der Waals surface area contributed by atoms with Gasteiger partial charge >= 0.3 is 0 Å². The molecule has 0 aliphatic carbocycles.